The Kier molecular flexibility index (Phi) is 6.92. The Balaban J connectivity index is 1.33. The number of aromatic nitrogens is 5. The number of methoxy groups -OCH3 is 1. The van der Waals surface area contributed by atoms with Crippen LogP contribution in [0.5, 0.6) is 5.75 Å². The van der Waals surface area contributed by atoms with Gasteiger partial charge in [-0.2, -0.15) is 0 Å². The summed E-state index contributed by atoms with van der Waals surface area (Å²) < 4.78 is 36.9. The first kappa shape index (κ1) is 26.5. The van der Waals surface area contributed by atoms with Crippen LogP contribution in [0.1, 0.15) is 71.9 Å². The highest BCUT2D eigenvalue weighted by atomic mass is 19.1. The molecule has 1 aliphatic carbocycles. The second-order valence-corrected chi connectivity index (χ2v) is 10.7. The van der Waals surface area contributed by atoms with Gasteiger partial charge < -0.3 is 14.9 Å². The van der Waals surface area contributed by atoms with Gasteiger partial charge in [0.05, 0.1) is 25.5 Å². The summed E-state index contributed by atoms with van der Waals surface area (Å²) >= 11 is 0. The molecule has 1 amide bonds. The lowest BCUT2D eigenvalue weighted by atomic mass is 9.85. The molecule has 204 valence electrons. The molecule has 4 aromatic rings. The molecule has 1 aliphatic rings. The van der Waals surface area contributed by atoms with Crippen molar-refractivity contribution in [2.75, 3.05) is 7.11 Å². The van der Waals surface area contributed by atoms with Crippen LogP contribution in [0.2, 0.25) is 0 Å². The largest absolute Gasteiger partial charge is 0.494 e. The monoisotopic (exact) mass is 536 g/mol. The molecule has 1 saturated carbocycles. The highest BCUT2D eigenvalue weighted by molar-refractivity contribution is 5.94. The van der Waals surface area contributed by atoms with E-state index in [4.69, 9.17) is 15.5 Å². The normalized spacial score (nSPS) is 13.7. The number of primary amides is 1. The van der Waals surface area contributed by atoms with Gasteiger partial charge in [-0.15, -0.1) is 5.10 Å². The Morgan fingerprint density at radius 1 is 1.18 bits per heavy atom. The molecule has 1 aromatic carbocycles. The second kappa shape index (κ2) is 10.2. The van der Waals surface area contributed by atoms with Gasteiger partial charge in [-0.1, -0.05) is 25.1 Å². The zero-order chi connectivity index (χ0) is 27.9. The summed E-state index contributed by atoms with van der Waals surface area (Å²) in [6, 6.07) is 4.44. The molecule has 0 aliphatic heterocycles. The fourth-order valence-electron chi connectivity index (χ4n) is 4.65. The fraction of sp³-hybridized carbons (Fsp3) is 0.393. The van der Waals surface area contributed by atoms with E-state index in [1.807, 2.05) is 24.4 Å². The molecule has 11 heteroatoms. The molecule has 5 rings (SSSR count). The molecule has 3 heterocycles. The molecule has 39 heavy (non-hydrogen) atoms. The standard InChI is InChI=1S/C28H30F2N6O3/c1-28(2,27(31)38)11-17-10-18(16-4-5-16)12-35-13-19(32-26(17)35)14-36-15-22(33-34-36)23(37)8-6-20-21(29)7-9-24(39-3)25(20)30/h7,9-10,12-13,15-16H,4-6,8,11,14H2,1-3H3,(H2,31,38). The molecule has 0 unspecified atom stereocenters. The summed E-state index contributed by atoms with van der Waals surface area (Å²) in [5, 5.41) is 8.00. The number of fused-ring (bicyclic) bond motifs is 1. The van der Waals surface area contributed by atoms with Gasteiger partial charge in [-0.25, -0.2) is 18.4 Å². The SMILES string of the molecule is COc1ccc(F)c(CCC(=O)c2cn(Cc3cn4cc(C5CC5)cc(CC(C)(C)C(N)=O)c4n3)nn2)c1F. The summed E-state index contributed by atoms with van der Waals surface area (Å²) in [6.45, 7) is 3.91. The Morgan fingerprint density at radius 2 is 1.95 bits per heavy atom. The number of benzene rings is 1. The Morgan fingerprint density at radius 3 is 2.64 bits per heavy atom. The molecule has 0 bridgehead atoms. The highest BCUT2D eigenvalue weighted by Crippen LogP contribution is 2.41. The number of amides is 1. The van der Waals surface area contributed by atoms with Gasteiger partial charge in [0.25, 0.3) is 0 Å². The van der Waals surface area contributed by atoms with E-state index in [-0.39, 0.29) is 48.1 Å². The fourth-order valence-corrected chi connectivity index (χ4v) is 4.65. The molecule has 0 saturated heterocycles. The molecule has 0 atom stereocenters. The predicted octanol–water partition coefficient (Wildman–Crippen LogP) is 4.01. The van der Waals surface area contributed by atoms with E-state index >= 15 is 0 Å². The van der Waals surface area contributed by atoms with Crippen molar-refractivity contribution < 1.29 is 23.1 Å². The average Bonchev–Trinajstić information content (AvgIpc) is 3.50. The number of ether oxygens (including phenoxy) is 1. The number of hydrogen-bond donors (Lipinski definition) is 1. The summed E-state index contributed by atoms with van der Waals surface area (Å²) in [5.74, 6) is -1.88. The van der Waals surface area contributed by atoms with E-state index in [9.17, 15) is 18.4 Å². The Bertz CT molecular complexity index is 1570. The number of rotatable bonds is 11. The van der Waals surface area contributed by atoms with Crippen LogP contribution in [0.3, 0.4) is 0 Å². The first-order chi connectivity index (χ1) is 18.6. The Hall–Kier alpha value is -4.15. The molecule has 9 nitrogen and oxygen atoms in total. The van der Waals surface area contributed by atoms with Gasteiger partial charge in [0.15, 0.2) is 17.3 Å². The number of ketones is 1. The van der Waals surface area contributed by atoms with Gasteiger partial charge >= 0.3 is 0 Å². The number of nitrogens with zero attached hydrogens (tertiary/aromatic N) is 5. The molecule has 1 fully saturated rings. The van der Waals surface area contributed by atoms with E-state index in [0.717, 1.165) is 30.1 Å². The molecular formula is C28H30F2N6O3. The maximum absolute atomic E-state index is 14.4. The first-order valence-corrected chi connectivity index (χ1v) is 12.8. The van der Waals surface area contributed by atoms with Crippen LogP contribution in [0.4, 0.5) is 8.78 Å². The summed E-state index contributed by atoms with van der Waals surface area (Å²) in [6.07, 6.45) is 7.92. The van der Waals surface area contributed by atoms with Crippen molar-refractivity contribution in [3.8, 4) is 5.75 Å². The molecule has 0 radical (unpaired) electrons. The van der Waals surface area contributed by atoms with Crippen LogP contribution in [0.25, 0.3) is 5.65 Å². The molecule has 3 aromatic heterocycles. The van der Waals surface area contributed by atoms with Crippen LogP contribution in [0, 0.1) is 17.0 Å². The quantitative estimate of drug-likeness (QED) is 0.290. The number of nitrogens with two attached hydrogens (primary N) is 1. The van der Waals surface area contributed by atoms with E-state index in [0.29, 0.717) is 18.0 Å². The third kappa shape index (κ3) is 5.52. The third-order valence-corrected chi connectivity index (χ3v) is 7.17. The minimum Gasteiger partial charge on any atom is -0.494 e. The Labute approximate surface area is 224 Å². The summed E-state index contributed by atoms with van der Waals surface area (Å²) in [4.78, 5) is 29.5. The van der Waals surface area contributed by atoms with E-state index < -0.39 is 17.0 Å². The van der Waals surface area contributed by atoms with Gasteiger partial charge in [-0.3, -0.25) is 9.59 Å². The predicted molar refractivity (Wildman–Crippen MR) is 139 cm³/mol. The van der Waals surface area contributed by atoms with Gasteiger partial charge in [0, 0.05) is 29.8 Å². The highest BCUT2D eigenvalue weighted by Gasteiger charge is 2.29. The van der Waals surface area contributed by atoms with Crippen molar-refractivity contribution in [3.05, 3.63) is 76.5 Å². The van der Waals surface area contributed by atoms with E-state index in [1.165, 1.54) is 29.6 Å². The second-order valence-electron chi connectivity index (χ2n) is 10.7. The minimum atomic E-state index is -0.816. The van der Waals surface area contributed by atoms with Gasteiger partial charge in [-0.05, 0) is 54.9 Å². The van der Waals surface area contributed by atoms with Crippen molar-refractivity contribution in [2.45, 2.75) is 58.4 Å². The zero-order valence-electron chi connectivity index (χ0n) is 22.1. The lowest BCUT2D eigenvalue weighted by Crippen LogP contribution is -2.33. The average molecular weight is 537 g/mol. The number of Topliss-reactive ketones (excluding diaryl/α,β-unsaturated/α-hetero) is 1. The molecule has 0 spiro atoms. The van der Waals surface area contributed by atoms with Crippen LogP contribution >= 0.6 is 0 Å². The van der Waals surface area contributed by atoms with Crippen LogP contribution < -0.4 is 10.5 Å². The van der Waals surface area contributed by atoms with Crippen molar-refractivity contribution in [1.29, 1.82) is 0 Å². The third-order valence-electron chi connectivity index (χ3n) is 7.17. The zero-order valence-corrected chi connectivity index (χ0v) is 22.1. The molecular weight excluding hydrogens is 506 g/mol. The summed E-state index contributed by atoms with van der Waals surface area (Å²) in [5.41, 5.74) is 8.39. The maximum Gasteiger partial charge on any atom is 0.223 e. The van der Waals surface area contributed by atoms with Crippen molar-refractivity contribution in [1.82, 2.24) is 24.4 Å². The smallest absolute Gasteiger partial charge is 0.223 e. The number of imidazole rings is 1. The van der Waals surface area contributed by atoms with Crippen LogP contribution in [-0.2, 0) is 24.2 Å². The lowest BCUT2D eigenvalue weighted by molar-refractivity contribution is -0.125. The number of halogens is 2. The van der Waals surface area contributed by atoms with Gasteiger partial charge in [0.2, 0.25) is 5.91 Å². The maximum atomic E-state index is 14.4. The van der Waals surface area contributed by atoms with Crippen molar-refractivity contribution >= 4 is 17.3 Å². The number of hydrogen-bond acceptors (Lipinski definition) is 6. The van der Waals surface area contributed by atoms with E-state index in [2.05, 4.69) is 22.6 Å². The first-order valence-electron chi connectivity index (χ1n) is 12.8. The van der Waals surface area contributed by atoms with E-state index in [1.54, 1.807) is 0 Å². The van der Waals surface area contributed by atoms with Gasteiger partial charge in [0.1, 0.15) is 17.2 Å². The number of carbonyl (C=O) groups excluding carboxylic acids is 2. The number of pyridine rings is 1. The van der Waals surface area contributed by atoms with Crippen LogP contribution in [-0.4, -0.2) is 43.2 Å². The lowest BCUT2D eigenvalue weighted by Gasteiger charge is -2.21. The number of carbonyl (C=O) groups is 2. The summed E-state index contributed by atoms with van der Waals surface area (Å²) in [7, 11) is 1.29. The van der Waals surface area contributed by atoms with Crippen LogP contribution in [0.15, 0.2) is 36.8 Å². The topological polar surface area (TPSA) is 117 Å². The van der Waals surface area contributed by atoms with Crippen molar-refractivity contribution in [3.63, 3.8) is 0 Å². The molecule has 2 N–H and O–H groups in total. The van der Waals surface area contributed by atoms with Crippen molar-refractivity contribution in [2.24, 2.45) is 11.1 Å². The minimum absolute atomic E-state index is 0.0807.